The lowest BCUT2D eigenvalue weighted by Gasteiger charge is -2.15. The van der Waals surface area contributed by atoms with Crippen molar-refractivity contribution < 1.29 is 4.92 Å². The fourth-order valence-electron chi connectivity index (χ4n) is 2.97. The molecule has 9 heteroatoms. The quantitative estimate of drug-likeness (QED) is 0.334. The van der Waals surface area contributed by atoms with Gasteiger partial charge in [0.15, 0.2) is 5.13 Å². The summed E-state index contributed by atoms with van der Waals surface area (Å²) in [5.74, 6) is 0.254. The Hall–Kier alpha value is -3.59. The van der Waals surface area contributed by atoms with Crippen LogP contribution in [0, 0.1) is 17.0 Å². The standard InChI is InChI=1S/C20H18N6O2S/c1-12-8-9-15-16(10-12)29-20(24-15)25-19-17(26(27)28)18(21-11-22-19)23-13(2)14-6-4-3-5-7-14/h3-11,13H,1-2H3,(H2,21,22,23,24,25). The van der Waals surface area contributed by atoms with Crippen LogP contribution in [0.5, 0.6) is 0 Å². The van der Waals surface area contributed by atoms with Crippen LogP contribution in [-0.2, 0) is 0 Å². The van der Waals surface area contributed by atoms with Gasteiger partial charge in [0.2, 0.25) is 11.6 Å². The summed E-state index contributed by atoms with van der Waals surface area (Å²) in [6, 6.07) is 15.4. The van der Waals surface area contributed by atoms with E-state index < -0.39 is 4.92 Å². The zero-order valence-corrected chi connectivity index (χ0v) is 16.6. The first-order valence-corrected chi connectivity index (χ1v) is 9.78. The minimum atomic E-state index is -0.486. The van der Waals surface area contributed by atoms with Crippen LogP contribution < -0.4 is 10.6 Å². The second-order valence-corrected chi connectivity index (χ2v) is 7.60. The van der Waals surface area contributed by atoms with E-state index in [1.165, 1.54) is 17.7 Å². The van der Waals surface area contributed by atoms with E-state index in [2.05, 4.69) is 25.6 Å². The summed E-state index contributed by atoms with van der Waals surface area (Å²) in [7, 11) is 0. The Balaban J connectivity index is 1.66. The summed E-state index contributed by atoms with van der Waals surface area (Å²) >= 11 is 1.42. The first-order valence-electron chi connectivity index (χ1n) is 8.96. The number of anilines is 3. The number of aryl methyl sites for hydroxylation is 1. The highest BCUT2D eigenvalue weighted by atomic mass is 32.1. The summed E-state index contributed by atoms with van der Waals surface area (Å²) in [4.78, 5) is 24.0. The zero-order valence-electron chi connectivity index (χ0n) is 15.8. The number of nitrogens with one attached hydrogen (secondary N) is 2. The summed E-state index contributed by atoms with van der Waals surface area (Å²) < 4.78 is 1.00. The van der Waals surface area contributed by atoms with E-state index >= 15 is 0 Å². The molecule has 146 valence electrons. The maximum atomic E-state index is 11.8. The molecule has 0 aliphatic rings. The first-order chi connectivity index (χ1) is 14.0. The number of hydrogen-bond acceptors (Lipinski definition) is 8. The molecule has 2 aromatic carbocycles. The molecule has 0 saturated carbocycles. The average molecular weight is 406 g/mol. The SMILES string of the molecule is Cc1ccc2nc(Nc3ncnc(NC(C)c4ccccc4)c3[N+](=O)[O-])sc2c1. The third-order valence-electron chi connectivity index (χ3n) is 4.43. The molecule has 4 aromatic rings. The van der Waals surface area contributed by atoms with Crippen LogP contribution in [0.3, 0.4) is 0 Å². The number of thiazole rings is 1. The van der Waals surface area contributed by atoms with Crippen molar-refractivity contribution in [3.8, 4) is 0 Å². The second-order valence-electron chi connectivity index (χ2n) is 6.57. The van der Waals surface area contributed by atoms with E-state index in [-0.39, 0.29) is 23.4 Å². The lowest BCUT2D eigenvalue weighted by Crippen LogP contribution is -2.11. The highest BCUT2D eigenvalue weighted by molar-refractivity contribution is 7.22. The van der Waals surface area contributed by atoms with Crippen molar-refractivity contribution in [2.24, 2.45) is 0 Å². The molecule has 4 rings (SSSR count). The molecule has 0 amide bonds. The third-order valence-corrected chi connectivity index (χ3v) is 5.36. The molecule has 1 atom stereocenters. The average Bonchev–Trinajstić information content (AvgIpc) is 3.09. The van der Waals surface area contributed by atoms with E-state index in [4.69, 9.17) is 0 Å². The van der Waals surface area contributed by atoms with Crippen molar-refractivity contribution in [2.45, 2.75) is 19.9 Å². The number of rotatable bonds is 6. The number of hydrogen-bond donors (Lipinski definition) is 2. The van der Waals surface area contributed by atoms with Crippen LogP contribution in [0.15, 0.2) is 54.9 Å². The van der Waals surface area contributed by atoms with Gasteiger partial charge in [-0.05, 0) is 37.1 Å². The predicted octanol–water partition coefficient (Wildman–Crippen LogP) is 5.22. The Kier molecular flexibility index (Phi) is 5.05. The Bertz CT molecular complexity index is 1180. The molecule has 0 bridgehead atoms. The Morgan fingerprint density at radius 3 is 2.62 bits per heavy atom. The number of benzene rings is 2. The molecule has 0 saturated heterocycles. The fourth-order valence-corrected chi connectivity index (χ4v) is 3.93. The minimum Gasteiger partial charge on any atom is -0.358 e. The summed E-state index contributed by atoms with van der Waals surface area (Å²) in [6.45, 7) is 3.93. The zero-order chi connectivity index (χ0) is 20.4. The molecule has 2 aromatic heterocycles. The van der Waals surface area contributed by atoms with E-state index in [9.17, 15) is 10.1 Å². The van der Waals surface area contributed by atoms with Crippen LogP contribution in [0.4, 0.5) is 22.5 Å². The number of nitrogens with zero attached hydrogens (tertiary/aromatic N) is 4. The number of nitro groups is 1. The monoisotopic (exact) mass is 406 g/mol. The fraction of sp³-hybridized carbons (Fsp3) is 0.150. The molecule has 0 aliphatic heterocycles. The topological polar surface area (TPSA) is 106 Å². The molecule has 0 aliphatic carbocycles. The van der Waals surface area contributed by atoms with Crippen molar-refractivity contribution in [2.75, 3.05) is 10.6 Å². The van der Waals surface area contributed by atoms with Crippen molar-refractivity contribution in [1.82, 2.24) is 15.0 Å². The highest BCUT2D eigenvalue weighted by Crippen LogP contribution is 2.35. The third kappa shape index (κ3) is 3.99. The largest absolute Gasteiger partial charge is 0.358 e. The van der Waals surface area contributed by atoms with E-state index in [1.807, 2.05) is 62.4 Å². The second kappa shape index (κ2) is 7.80. The van der Waals surface area contributed by atoms with Gasteiger partial charge in [-0.1, -0.05) is 47.7 Å². The van der Waals surface area contributed by atoms with Gasteiger partial charge in [-0.25, -0.2) is 15.0 Å². The Morgan fingerprint density at radius 1 is 1.10 bits per heavy atom. The van der Waals surface area contributed by atoms with E-state index in [0.717, 1.165) is 21.3 Å². The van der Waals surface area contributed by atoms with Crippen LogP contribution in [0.1, 0.15) is 24.1 Å². The molecular formula is C20H18N6O2S. The molecule has 8 nitrogen and oxygen atoms in total. The van der Waals surface area contributed by atoms with Gasteiger partial charge >= 0.3 is 5.69 Å². The van der Waals surface area contributed by atoms with Gasteiger partial charge in [-0.2, -0.15) is 0 Å². The van der Waals surface area contributed by atoms with Crippen LogP contribution in [0.25, 0.3) is 10.2 Å². The Morgan fingerprint density at radius 2 is 1.86 bits per heavy atom. The predicted molar refractivity (Wildman–Crippen MR) is 115 cm³/mol. The van der Waals surface area contributed by atoms with Gasteiger partial charge < -0.3 is 10.6 Å². The van der Waals surface area contributed by atoms with Gasteiger partial charge in [-0.3, -0.25) is 10.1 Å². The van der Waals surface area contributed by atoms with Crippen molar-refractivity contribution in [1.29, 1.82) is 0 Å². The van der Waals surface area contributed by atoms with Crippen molar-refractivity contribution >= 4 is 44.0 Å². The van der Waals surface area contributed by atoms with E-state index in [0.29, 0.717) is 5.13 Å². The smallest absolute Gasteiger partial charge is 0.353 e. The van der Waals surface area contributed by atoms with Gasteiger partial charge in [0.1, 0.15) is 6.33 Å². The van der Waals surface area contributed by atoms with E-state index in [1.54, 1.807) is 0 Å². The number of aromatic nitrogens is 3. The van der Waals surface area contributed by atoms with Crippen LogP contribution in [-0.4, -0.2) is 19.9 Å². The summed E-state index contributed by atoms with van der Waals surface area (Å²) in [5.41, 5.74) is 2.74. The maximum absolute atomic E-state index is 11.8. The number of fused-ring (bicyclic) bond motifs is 1. The summed E-state index contributed by atoms with van der Waals surface area (Å²) in [5, 5.41) is 18.4. The van der Waals surface area contributed by atoms with Crippen LogP contribution in [0.2, 0.25) is 0 Å². The molecule has 29 heavy (non-hydrogen) atoms. The molecule has 0 radical (unpaired) electrons. The molecular weight excluding hydrogens is 388 g/mol. The molecule has 2 heterocycles. The van der Waals surface area contributed by atoms with Crippen molar-refractivity contribution in [3.63, 3.8) is 0 Å². The van der Waals surface area contributed by atoms with Gasteiger partial charge in [-0.15, -0.1) is 0 Å². The minimum absolute atomic E-state index is 0.100. The van der Waals surface area contributed by atoms with Crippen molar-refractivity contribution in [3.05, 3.63) is 76.1 Å². The Labute approximate surface area is 170 Å². The van der Waals surface area contributed by atoms with Gasteiger partial charge in [0.25, 0.3) is 0 Å². The maximum Gasteiger partial charge on any atom is 0.353 e. The van der Waals surface area contributed by atoms with Crippen LogP contribution >= 0.6 is 11.3 Å². The summed E-state index contributed by atoms with van der Waals surface area (Å²) in [6.07, 6.45) is 1.30. The first kappa shape index (κ1) is 18.8. The lowest BCUT2D eigenvalue weighted by atomic mass is 10.1. The highest BCUT2D eigenvalue weighted by Gasteiger charge is 2.25. The molecule has 1 unspecified atom stereocenters. The molecule has 2 N–H and O–H groups in total. The molecule has 0 spiro atoms. The van der Waals surface area contributed by atoms with Gasteiger partial charge in [0, 0.05) is 0 Å². The lowest BCUT2D eigenvalue weighted by molar-refractivity contribution is -0.383. The van der Waals surface area contributed by atoms with Gasteiger partial charge in [0.05, 0.1) is 21.2 Å². The normalized spacial score (nSPS) is 11.9. The molecule has 0 fully saturated rings.